The van der Waals surface area contributed by atoms with Crippen molar-refractivity contribution in [2.75, 3.05) is 0 Å². The predicted molar refractivity (Wildman–Crippen MR) is 105 cm³/mol. The molecule has 0 fully saturated rings. The lowest BCUT2D eigenvalue weighted by molar-refractivity contribution is 0.459. The van der Waals surface area contributed by atoms with Crippen LogP contribution in [0, 0.1) is 13.8 Å². The molecule has 0 amide bonds. The highest BCUT2D eigenvalue weighted by atomic mass is 35.5. The topological polar surface area (TPSA) is 65.5 Å². The quantitative estimate of drug-likeness (QED) is 0.502. The first-order chi connectivity index (χ1) is 12.7. The average Bonchev–Trinajstić information content (AvgIpc) is 2.61. The Balaban J connectivity index is 1.76. The summed E-state index contributed by atoms with van der Waals surface area (Å²) < 4.78 is 35.6. The van der Waals surface area contributed by atoms with E-state index in [-0.39, 0.29) is 21.5 Å². The molecule has 0 bridgehead atoms. The summed E-state index contributed by atoms with van der Waals surface area (Å²) >= 11 is 11.8. The van der Waals surface area contributed by atoms with E-state index in [1.807, 2.05) is 13.8 Å². The minimum Gasteiger partial charge on any atom is -0.438 e. The number of rotatable bonds is 5. The Morgan fingerprint density at radius 3 is 2.19 bits per heavy atom. The largest absolute Gasteiger partial charge is 0.438 e. The minimum atomic E-state index is -3.92. The van der Waals surface area contributed by atoms with Gasteiger partial charge in [-0.25, -0.2) is 4.98 Å². The van der Waals surface area contributed by atoms with E-state index in [1.165, 1.54) is 30.5 Å². The van der Waals surface area contributed by atoms with Crippen LogP contribution in [0.25, 0.3) is 0 Å². The summed E-state index contributed by atoms with van der Waals surface area (Å²) in [6.45, 7) is 3.75. The monoisotopic (exact) mass is 423 g/mol. The maximum Gasteiger partial charge on any atom is 0.339 e. The van der Waals surface area contributed by atoms with Crippen LogP contribution in [0.5, 0.6) is 17.4 Å². The third-order valence-electron chi connectivity index (χ3n) is 3.79. The van der Waals surface area contributed by atoms with Gasteiger partial charge in [-0.05, 0) is 67.4 Å². The molecule has 0 atom stereocenters. The van der Waals surface area contributed by atoms with Crippen LogP contribution in [-0.4, -0.2) is 13.4 Å². The Kier molecular flexibility index (Phi) is 5.60. The maximum absolute atomic E-state index is 12.4. The fourth-order valence-corrected chi connectivity index (χ4v) is 3.63. The number of hydrogen-bond acceptors (Lipinski definition) is 5. The molecule has 0 radical (unpaired) electrons. The van der Waals surface area contributed by atoms with Crippen LogP contribution < -0.4 is 8.92 Å². The van der Waals surface area contributed by atoms with Gasteiger partial charge in [0, 0.05) is 6.20 Å². The maximum atomic E-state index is 12.4. The zero-order chi connectivity index (χ0) is 19.6. The van der Waals surface area contributed by atoms with Crippen LogP contribution in [0.2, 0.25) is 10.0 Å². The Labute approximate surface area is 167 Å². The van der Waals surface area contributed by atoms with Gasteiger partial charge in [0.15, 0.2) is 0 Å². The molecule has 3 rings (SSSR count). The van der Waals surface area contributed by atoms with E-state index in [2.05, 4.69) is 4.98 Å². The molecule has 1 heterocycles. The number of aryl methyl sites for hydroxylation is 2. The Morgan fingerprint density at radius 2 is 1.56 bits per heavy atom. The molecule has 3 aromatic rings. The van der Waals surface area contributed by atoms with Gasteiger partial charge in [0.05, 0.1) is 5.02 Å². The van der Waals surface area contributed by atoms with Crippen LogP contribution in [0.1, 0.15) is 11.1 Å². The van der Waals surface area contributed by atoms with Gasteiger partial charge in [0.2, 0.25) is 5.88 Å². The summed E-state index contributed by atoms with van der Waals surface area (Å²) in [5, 5.41) is 0.660. The van der Waals surface area contributed by atoms with Crippen molar-refractivity contribution in [1.82, 2.24) is 4.98 Å². The zero-order valence-electron chi connectivity index (χ0n) is 14.4. The third kappa shape index (κ3) is 4.71. The van der Waals surface area contributed by atoms with Crippen molar-refractivity contribution < 1.29 is 17.3 Å². The van der Waals surface area contributed by atoms with Crippen molar-refractivity contribution in [3.05, 3.63) is 75.9 Å². The fraction of sp³-hybridized carbons (Fsp3) is 0.105. The molecule has 27 heavy (non-hydrogen) atoms. The average molecular weight is 424 g/mol. The highest BCUT2D eigenvalue weighted by Gasteiger charge is 2.17. The van der Waals surface area contributed by atoms with Crippen molar-refractivity contribution >= 4 is 33.3 Å². The molecule has 0 saturated carbocycles. The van der Waals surface area contributed by atoms with E-state index in [0.29, 0.717) is 10.8 Å². The van der Waals surface area contributed by atoms with Crippen molar-refractivity contribution in [2.45, 2.75) is 18.7 Å². The van der Waals surface area contributed by atoms with E-state index in [1.54, 1.807) is 24.3 Å². The van der Waals surface area contributed by atoms with E-state index in [9.17, 15) is 8.42 Å². The molecule has 8 heteroatoms. The first kappa shape index (κ1) is 19.5. The molecule has 0 unspecified atom stereocenters. The number of aromatic nitrogens is 1. The molecule has 5 nitrogen and oxygen atoms in total. The summed E-state index contributed by atoms with van der Waals surface area (Å²) in [6, 6.07) is 12.4. The first-order valence-corrected chi connectivity index (χ1v) is 10.0. The molecular formula is C19H15Cl2NO4S. The molecule has 0 aliphatic heterocycles. The minimum absolute atomic E-state index is 0.100. The van der Waals surface area contributed by atoms with Crippen molar-refractivity contribution in [2.24, 2.45) is 0 Å². The molecule has 0 saturated heterocycles. The van der Waals surface area contributed by atoms with E-state index >= 15 is 0 Å². The lowest BCUT2D eigenvalue weighted by Gasteiger charge is -2.10. The van der Waals surface area contributed by atoms with Crippen LogP contribution in [0.15, 0.2) is 59.6 Å². The summed E-state index contributed by atoms with van der Waals surface area (Å²) in [6.07, 6.45) is 1.41. The fourth-order valence-electron chi connectivity index (χ4n) is 2.20. The van der Waals surface area contributed by atoms with Gasteiger partial charge in [-0.1, -0.05) is 29.3 Å². The number of halogens is 2. The number of pyridine rings is 1. The second kappa shape index (κ2) is 7.76. The standard InChI is InChI=1S/C19H15Cl2NO4S/c1-12-3-8-17(9-13(12)2)27(23,24)26-16-6-4-15(5-7-16)25-19-18(21)10-14(20)11-22-19/h3-11H,1-2H3. The van der Waals surface area contributed by atoms with Gasteiger partial charge >= 0.3 is 10.1 Å². The summed E-state index contributed by atoms with van der Waals surface area (Å²) in [5.74, 6) is 0.774. The number of hydrogen-bond donors (Lipinski definition) is 0. The molecule has 0 aliphatic rings. The van der Waals surface area contributed by atoms with Crippen LogP contribution >= 0.6 is 23.2 Å². The first-order valence-electron chi connectivity index (χ1n) is 7.85. The van der Waals surface area contributed by atoms with Crippen molar-refractivity contribution in [3.63, 3.8) is 0 Å². The number of ether oxygens (including phenoxy) is 1. The second-order valence-electron chi connectivity index (χ2n) is 5.80. The highest BCUT2D eigenvalue weighted by molar-refractivity contribution is 7.87. The summed E-state index contributed by atoms with van der Waals surface area (Å²) in [7, 11) is -3.92. The van der Waals surface area contributed by atoms with Crippen LogP contribution in [0.3, 0.4) is 0 Å². The predicted octanol–water partition coefficient (Wildman–Crippen LogP) is 5.57. The van der Waals surface area contributed by atoms with Gasteiger partial charge in [-0.2, -0.15) is 8.42 Å². The molecule has 1 aromatic heterocycles. The third-order valence-corrected chi connectivity index (χ3v) is 5.51. The Morgan fingerprint density at radius 1 is 0.889 bits per heavy atom. The molecule has 0 aliphatic carbocycles. The van der Waals surface area contributed by atoms with E-state index in [4.69, 9.17) is 32.1 Å². The van der Waals surface area contributed by atoms with Crippen LogP contribution in [-0.2, 0) is 10.1 Å². The number of benzene rings is 2. The molecule has 0 spiro atoms. The van der Waals surface area contributed by atoms with Gasteiger partial charge < -0.3 is 8.92 Å². The van der Waals surface area contributed by atoms with Crippen molar-refractivity contribution in [3.8, 4) is 17.4 Å². The van der Waals surface area contributed by atoms with Crippen LogP contribution in [0.4, 0.5) is 0 Å². The van der Waals surface area contributed by atoms with Gasteiger partial charge in [-0.15, -0.1) is 0 Å². The molecular weight excluding hydrogens is 409 g/mol. The zero-order valence-corrected chi connectivity index (χ0v) is 16.8. The lowest BCUT2D eigenvalue weighted by Crippen LogP contribution is -2.10. The molecule has 2 aromatic carbocycles. The van der Waals surface area contributed by atoms with Gasteiger partial charge in [0.25, 0.3) is 0 Å². The van der Waals surface area contributed by atoms with Crippen molar-refractivity contribution in [1.29, 1.82) is 0 Å². The molecule has 140 valence electrons. The highest BCUT2D eigenvalue weighted by Crippen LogP contribution is 2.30. The summed E-state index contributed by atoms with van der Waals surface area (Å²) in [4.78, 5) is 4.10. The van der Waals surface area contributed by atoms with E-state index < -0.39 is 10.1 Å². The lowest BCUT2D eigenvalue weighted by atomic mass is 10.1. The SMILES string of the molecule is Cc1ccc(S(=O)(=O)Oc2ccc(Oc3ncc(Cl)cc3Cl)cc2)cc1C. The second-order valence-corrected chi connectivity index (χ2v) is 8.19. The Bertz CT molecular complexity index is 1080. The van der Waals surface area contributed by atoms with Gasteiger partial charge in [0.1, 0.15) is 21.4 Å². The van der Waals surface area contributed by atoms with E-state index in [0.717, 1.165) is 11.1 Å². The smallest absolute Gasteiger partial charge is 0.339 e. The van der Waals surface area contributed by atoms with Gasteiger partial charge in [-0.3, -0.25) is 0 Å². The molecule has 0 N–H and O–H groups in total. The number of nitrogens with zero attached hydrogens (tertiary/aromatic N) is 1. The Hall–Kier alpha value is -2.28. The normalized spacial score (nSPS) is 11.3. The summed E-state index contributed by atoms with van der Waals surface area (Å²) in [5.41, 5.74) is 1.88.